The summed E-state index contributed by atoms with van der Waals surface area (Å²) < 4.78 is 1.96. The number of hydrogen-bond acceptors (Lipinski definition) is 2. The van der Waals surface area contributed by atoms with Gasteiger partial charge in [-0.05, 0) is 30.9 Å². The molecule has 4 heteroatoms. The van der Waals surface area contributed by atoms with E-state index in [1.165, 1.54) is 12.8 Å². The van der Waals surface area contributed by atoms with Crippen LogP contribution in [0.25, 0.3) is 0 Å². The first-order chi connectivity index (χ1) is 6.61. The summed E-state index contributed by atoms with van der Waals surface area (Å²) in [5.41, 5.74) is 0. The predicted octanol–water partition coefficient (Wildman–Crippen LogP) is 3.07. The van der Waals surface area contributed by atoms with E-state index in [0.29, 0.717) is 5.28 Å². The maximum atomic E-state index is 5.88. The first-order valence-electron chi connectivity index (χ1n) is 5.16. The molecule has 0 bridgehead atoms. The van der Waals surface area contributed by atoms with Gasteiger partial charge < -0.3 is 4.57 Å². The molecule has 1 heterocycles. The largest absolute Gasteiger partial charge is 0.302 e. The summed E-state index contributed by atoms with van der Waals surface area (Å²) in [6, 6.07) is 0. The normalized spacial score (nSPS) is 11.2. The molecule has 1 aromatic rings. The third kappa shape index (κ3) is 3.29. The minimum Gasteiger partial charge on any atom is -0.302 e. The SMILES string of the molecule is Cc1nnc(Cl)n1CCCCC(C)C. The van der Waals surface area contributed by atoms with Crippen molar-refractivity contribution in [1.29, 1.82) is 0 Å². The highest BCUT2D eigenvalue weighted by atomic mass is 35.5. The van der Waals surface area contributed by atoms with Gasteiger partial charge in [0.25, 0.3) is 0 Å². The Labute approximate surface area is 90.5 Å². The van der Waals surface area contributed by atoms with Crippen molar-refractivity contribution in [3.8, 4) is 0 Å². The number of unbranched alkanes of at least 4 members (excludes halogenated alkanes) is 1. The molecule has 0 atom stereocenters. The lowest BCUT2D eigenvalue weighted by atomic mass is 10.1. The molecule has 0 unspecified atom stereocenters. The summed E-state index contributed by atoms with van der Waals surface area (Å²) in [5.74, 6) is 1.69. The number of hydrogen-bond donors (Lipinski definition) is 0. The molecule has 0 spiro atoms. The van der Waals surface area contributed by atoms with E-state index in [2.05, 4.69) is 24.0 Å². The maximum absolute atomic E-state index is 5.88. The second-order valence-corrected chi connectivity index (χ2v) is 4.40. The Morgan fingerprint density at radius 2 is 2.00 bits per heavy atom. The van der Waals surface area contributed by atoms with Crippen LogP contribution in [0.5, 0.6) is 0 Å². The molecule has 80 valence electrons. The van der Waals surface area contributed by atoms with Crippen molar-refractivity contribution in [3.63, 3.8) is 0 Å². The van der Waals surface area contributed by atoms with Gasteiger partial charge in [-0.15, -0.1) is 10.2 Å². The van der Waals surface area contributed by atoms with Gasteiger partial charge in [0.15, 0.2) is 0 Å². The van der Waals surface area contributed by atoms with Crippen LogP contribution in [-0.2, 0) is 6.54 Å². The average Bonchev–Trinajstić information content (AvgIpc) is 2.42. The van der Waals surface area contributed by atoms with Gasteiger partial charge in [-0.2, -0.15) is 0 Å². The smallest absolute Gasteiger partial charge is 0.225 e. The Hall–Kier alpha value is -0.570. The van der Waals surface area contributed by atoms with Gasteiger partial charge in [0.05, 0.1) is 0 Å². The minimum atomic E-state index is 0.507. The van der Waals surface area contributed by atoms with Gasteiger partial charge in [0, 0.05) is 6.54 Å². The molecular weight excluding hydrogens is 198 g/mol. The Balaban J connectivity index is 2.31. The molecule has 0 aliphatic rings. The van der Waals surface area contributed by atoms with Crippen molar-refractivity contribution < 1.29 is 0 Å². The van der Waals surface area contributed by atoms with Gasteiger partial charge >= 0.3 is 0 Å². The van der Waals surface area contributed by atoms with Crippen LogP contribution < -0.4 is 0 Å². The van der Waals surface area contributed by atoms with E-state index in [9.17, 15) is 0 Å². The van der Waals surface area contributed by atoms with Crippen LogP contribution in [0.4, 0.5) is 0 Å². The number of halogens is 1. The molecule has 0 amide bonds. The third-order valence-corrected chi connectivity index (χ3v) is 2.58. The van der Waals surface area contributed by atoms with Crippen molar-refractivity contribution in [1.82, 2.24) is 14.8 Å². The highest BCUT2D eigenvalue weighted by molar-refractivity contribution is 6.28. The summed E-state index contributed by atoms with van der Waals surface area (Å²) in [5, 5.41) is 8.23. The minimum absolute atomic E-state index is 0.507. The lowest BCUT2D eigenvalue weighted by Gasteiger charge is -2.06. The van der Waals surface area contributed by atoms with Gasteiger partial charge in [0.1, 0.15) is 5.82 Å². The molecule has 0 fully saturated rings. The van der Waals surface area contributed by atoms with Crippen LogP contribution in [0.3, 0.4) is 0 Å². The number of nitrogens with zero attached hydrogens (tertiary/aromatic N) is 3. The zero-order valence-corrected chi connectivity index (χ0v) is 9.88. The molecule has 0 N–H and O–H groups in total. The van der Waals surface area contributed by atoms with Crippen molar-refractivity contribution in [2.75, 3.05) is 0 Å². The molecule has 14 heavy (non-hydrogen) atoms. The lowest BCUT2D eigenvalue weighted by molar-refractivity contribution is 0.506. The van der Waals surface area contributed by atoms with Crippen molar-refractivity contribution in [2.24, 2.45) is 5.92 Å². The highest BCUT2D eigenvalue weighted by Crippen LogP contribution is 2.11. The molecule has 0 saturated heterocycles. The Morgan fingerprint density at radius 1 is 1.29 bits per heavy atom. The lowest BCUT2D eigenvalue weighted by Crippen LogP contribution is -2.01. The van der Waals surface area contributed by atoms with Crippen molar-refractivity contribution in [3.05, 3.63) is 11.1 Å². The monoisotopic (exact) mass is 215 g/mol. The summed E-state index contributed by atoms with van der Waals surface area (Å²) >= 11 is 5.88. The standard InChI is InChI=1S/C10H18ClN3/c1-8(2)6-4-5-7-14-9(3)12-13-10(14)11/h8H,4-7H2,1-3H3. The zero-order valence-electron chi connectivity index (χ0n) is 9.13. The zero-order chi connectivity index (χ0) is 10.6. The molecule has 0 aliphatic carbocycles. The summed E-state index contributed by atoms with van der Waals surface area (Å²) in [6.07, 6.45) is 3.67. The van der Waals surface area contributed by atoms with Crippen LogP contribution in [0.15, 0.2) is 0 Å². The fourth-order valence-corrected chi connectivity index (χ4v) is 1.68. The van der Waals surface area contributed by atoms with E-state index in [4.69, 9.17) is 11.6 Å². The number of aromatic nitrogens is 3. The van der Waals surface area contributed by atoms with Gasteiger partial charge in [-0.3, -0.25) is 0 Å². The van der Waals surface area contributed by atoms with Gasteiger partial charge in [-0.1, -0.05) is 26.7 Å². The number of rotatable bonds is 5. The predicted molar refractivity (Wildman–Crippen MR) is 58.5 cm³/mol. The third-order valence-electron chi connectivity index (χ3n) is 2.30. The topological polar surface area (TPSA) is 30.7 Å². The molecule has 0 aromatic carbocycles. The molecule has 1 rings (SSSR count). The van der Waals surface area contributed by atoms with E-state index in [1.54, 1.807) is 0 Å². The van der Waals surface area contributed by atoms with E-state index in [0.717, 1.165) is 24.7 Å². The van der Waals surface area contributed by atoms with Gasteiger partial charge in [0.2, 0.25) is 5.28 Å². The van der Waals surface area contributed by atoms with Crippen molar-refractivity contribution in [2.45, 2.75) is 46.6 Å². The van der Waals surface area contributed by atoms with Crippen LogP contribution in [0.2, 0.25) is 5.28 Å². The van der Waals surface area contributed by atoms with E-state index in [-0.39, 0.29) is 0 Å². The quantitative estimate of drug-likeness (QED) is 0.707. The van der Waals surface area contributed by atoms with Crippen LogP contribution in [-0.4, -0.2) is 14.8 Å². The fourth-order valence-electron chi connectivity index (χ4n) is 1.43. The second-order valence-electron chi connectivity index (χ2n) is 4.06. The Morgan fingerprint density at radius 3 is 2.50 bits per heavy atom. The second kappa shape index (κ2) is 5.35. The summed E-state index contributed by atoms with van der Waals surface area (Å²) in [6.45, 7) is 7.36. The van der Waals surface area contributed by atoms with E-state index in [1.807, 2.05) is 11.5 Å². The first kappa shape index (κ1) is 11.5. The molecule has 0 saturated carbocycles. The fraction of sp³-hybridized carbons (Fsp3) is 0.800. The van der Waals surface area contributed by atoms with Crippen LogP contribution in [0.1, 0.15) is 38.9 Å². The summed E-state index contributed by atoms with van der Waals surface area (Å²) in [4.78, 5) is 0. The number of aryl methyl sites for hydroxylation is 1. The maximum Gasteiger partial charge on any atom is 0.225 e. The van der Waals surface area contributed by atoms with Crippen molar-refractivity contribution >= 4 is 11.6 Å². The molecule has 3 nitrogen and oxygen atoms in total. The molecule has 0 radical (unpaired) electrons. The Kier molecular flexibility index (Phi) is 4.39. The van der Waals surface area contributed by atoms with Crippen LogP contribution in [0, 0.1) is 12.8 Å². The summed E-state index contributed by atoms with van der Waals surface area (Å²) in [7, 11) is 0. The van der Waals surface area contributed by atoms with Crippen LogP contribution >= 0.6 is 11.6 Å². The molecular formula is C10H18ClN3. The average molecular weight is 216 g/mol. The first-order valence-corrected chi connectivity index (χ1v) is 5.54. The highest BCUT2D eigenvalue weighted by Gasteiger charge is 2.04. The van der Waals surface area contributed by atoms with E-state index >= 15 is 0 Å². The van der Waals surface area contributed by atoms with Gasteiger partial charge in [-0.25, -0.2) is 0 Å². The molecule has 1 aromatic heterocycles. The van der Waals surface area contributed by atoms with E-state index < -0.39 is 0 Å². The molecule has 0 aliphatic heterocycles. The Bertz CT molecular complexity index is 261.